The highest BCUT2D eigenvalue weighted by atomic mass is 35.5. The van der Waals surface area contributed by atoms with Gasteiger partial charge in [0.2, 0.25) is 11.8 Å². The number of rotatable bonds is 5. The molecule has 2 amide bonds. The second kappa shape index (κ2) is 8.24. The predicted molar refractivity (Wildman–Crippen MR) is 94.6 cm³/mol. The van der Waals surface area contributed by atoms with Crippen LogP contribution in [0, 0.1) is 6.92 Å². The number of ether oxygens (including phenoxy) is 1. The van der Waals surface area contributed by atoms with E-state index in [1.807, 2.05) is 17.9 Å². The maximum absolute atomic E-state index is 12.1. The number of benzene rings is 1. The monoisotopic (exact) mass is 353 g/mol. The number of carbonyl (C=O) groups excluding carboxylic acids is 2. The van der Waals surface area contributed by atoms with Crippen LogP contribution in [0.25, 0.3) is 0 Å². The molecule has 1 heterocycles. The Labute approximate surface area is 147 Å². The minimum atomic E-state index is -0.0778. The molecule has 2 rings (SSSR count). The number of halogens is 1. The van der Waals surface area contributed by atoms with Gasteiger partial charge in [-0.3, -0.25) is 9.59 Å². The SMILES string of the molecule is COc1cc(Cl)c(C)cc1NCC(=O)NC1CCN(C(C)=O)CC1. The molecule has 7 heteroatoms. The number of likely N-dealkylation sites (tertiary alicyclic amines) is 1. The highest BCUT2D eigenvalue weighted by molar-refractivity contribution is 6.31. The Bertz CT molecular complexity index is 613. The molecule has 1 aromatic rings. The quantitative estimate of drug-likeness (QED) is 0.851. The fraction of sp³-hybridized carbons (Fsp3) is 0.529. The lowest BCUT2D eigenvalue weighted by atomic mass is 10.1. The van der Waals surface area contributed by atoms with Crippen LogP contribution in [0.15, 0.2) is 12.1 Å². The van der Waals surface area contributed by atoms with Crippen molar-refractivity contribution in [3.8, 4) is 5.75 Å². The largest absolute Gasteiger partial charge is 0.495 e. The van der Waals surface area contributed by atoms with Gasteiger partial charge in [-0.25, -0.2) is 0 Å². The van der Waals surface area contributed by atoms with Crippen molar-refractivity contribution in [2.75, 3.05) is 32.1 Å². The minimum absolute atomic E-state index is 0.0778. The van der Waals surface area contributed by atoms with Crippen molar-refractivity contribution in [1.82, 2.24) is 10.2 Å². The van der Waals surface area contributed by atoms with Crippen molar-refractivity contribution in [1.29, 1.82) is 0 Å². The maximum atomic E-state index is 12.1. The summed E-state index contributed by atoms with van der Waals surface area (Å²) in [6.07, 6.45) is 1.57. The Morgan fingerprint density at radius 3 is 2.58 bits per heavy atom. The van der Waals surface area contributed by atoms with Gasteiger partial charge in [0.1, 0.15) is 5.75 Å². The Balaban J connectivity index is 1.84. The van der Waals surface area contributed by atoms with Crippen molar-refractivity contribution >= 4 is 29.1 Å². The van der Waals surface area contributed by atoms with Gasteiger partial charge in [0.15, 0.2) is 0 Å². The third-order valence-electron chi connectivity index (χ3n) is 4.23. The van der Waals surface area contributed by atoms with Gasteiger partial charge in [-0.15, -0.1) is 0 Å². The summed E-state index contributed by atoms with van der Waals surface area (Å²) in [7, 11) is 1.56. The summed E-state index contributed by atoms with van der Waals surface area (Å²) in [5.74, 6) is 0.616. The average Bonchev–Trinajstić information content (AvgIpc) is 2.56. The van der Waals surface area contributed by atoms with Crippen molar-refractivity contribution < 1.29 is 14.3 Å². The Hall–Kier alpha value is -1.95. The van der Waals surface area contributed by atoms with Gasteiger partial charge in [0.25, 0.3) is 0 Å². The zero-order valence-corrected chi connectivity index (χ0v) is 15.1. The van der Waals surface area contributed by atoms with E-state index in [4.69, 9.17) is 16.3 Å². The molecule has 1 fully saturated rings. The van der Waals surface area contributed by atoms with Gasteiger partial charge in [-0.1, -0.05) is 11.6 Å². The van der Waals surface area contributed by atoms with Crippen LogP contribution in [0.1, 0.15) is 25.3 Å². The molecular formula is C17H24ClN3O3. The van der Waals surface area contributed by atoms with Gasteiger partial charge in [0.05, 0.1) is 19.3 Å². The molecule has 0 aliphatic carbocycles. The molecule has 0 saturated carbocycles. The minimum Gasteiger partial charge on any atom is -0.495 e. The number of aryl methyl sites for hydroxylation is 1. The highest BCUT2D eigenvalue weighted by Gasteiger charge is 2.21. The molecule has 1 aromatic carbocycles. The predicted octanol–water partition coefficient (Wildman–Crippen LogP) is 2.20. The first-order chi connectivity index (χ1) is 11.4. The van der Waals surface area contributed by atoms with Gasteiger partial charge in [-0.05, 0) is 31.4 Å². The molecule has 0 aromatic heterocycles. The van der Waals surface area contributed by atoms with Crippen molar-refractivity contribution in [2.24, 2.45) is 0 Å². The van der Waals surface area contributed by atoms with Crippen LogP contribution in [-0.4, -0.2) is 49.5 Å². The van der Waals surface area contributed by atoms with Crippen LogP contribution in [-0.2, 0) is 9.59 Å². The van der Waals surface area contributed by atoms with E-state index in [1.54, 1.807) is 20.1 Å². The number of piperidine rings is 1. The number of hydrogen-bond acceptors (Lipinski definition) is 4. The maximum Gasteiger partial charge on any atom is 0.239 e. The van der Waals surface area contributed by atoms with E-state index in [0.717, 1.165) is 24.1 Å². The van der Waals surface area contributed by atoms with Gasteiger partial charge in [-0.2, -0.15) is 0 Å². The van der Waals surface area contributed by atoms with E-state index in [0.29, 0.717) is 23.9 Å². The number of anilines is 1. The summed E-state index contributed by atoms with van der Waals surface area (Å²) < 4.78 is 5.28. The molecule has 0 spiro atoms. The smallest absolute Gasteiger partial charge is 0.239 e. The molecule has 132 valence electrons. The highest BCUT2D eigenvalue weighted by Crippen LogP contribution is 2.30. The molecular weight excluding hydrogens is 330 g/mol. The molecule has 1 aliphatic heterocycles. The topological polar surface area (TPSA) is 70.7 Å². The lowest BCUT2D eigenvalue weighted by molar-refractivity contribution is -0.130. The zero-order chi connectivity index (χ0) is 17.7. The molecule has 2 N–H and O–H groups in total. The van der Waals surface area contributed by atoms with Gasteiger partial charge in [0, 0.05) is 37.1 Å². The van der Waals surface area contributed by atoms with E-state index in [-0.39, 0.29) is 24.4 Å². The summed E-state index contributed by atoms with van der Waals surface area (Å²) in [5.41, 5.74) is 1.65. The molecule has 0 unspecified atom stereocenters. The lowest BCUT2D eigenvalue weighted by Crippen LogP contribution is -2.47. The number of hydrogen-bond donors (Lipinski definition) is 2. The number of nitrogens with zero attached hydrogens (tertiary/aromatic N) is 1. The van der Waals surface area contributed by atoms with Crippen LogP contribution >= 0.6 is 11.6 Å². The molecule has 24 heavy (non-hydrogen) atoms. The molecule has 0 bridgehead atoms. The first-order valence-electron chi connectivity index (χ1n) is 8.03. The van der Waals surface area contributed by atoms with Crippen LogP contribution in [0.4, 0.5) is 5.69 Å². The second-order valence-corrected chi connectivity index (χ2v) is 6.41. The lowest BCUT2D eigenvalue weighted by Gasteiger charge is -2.31. The fourth-order valence-electron chi connectivity index (χ4n) is 2.76. The number of nitrogens with one attached hydrogen (secondary N) is 2. The third kappa shape index (κ3) is 4.77. The van der Waals surface area contributed by atoms with Gasteiger partial charge >= 0.3 is 0 Å². The number of amides is 2. The van der Waals surface area contributed by atoms with Crippen molar-refractivity contribution in [3.63, 3.8) is 0 Å². The van der Waals surface area contributed by atoms with E-state index in [2.05, 4.69) is 10.6 Å². The normalized spacial score (nSPS) is 15.1. The standard InChI is InChI=1S/C17H24ClN3O3/c1-11-8-15(16(24-3)9-14(11)18)19-10-17(23)20-13-4-6-21(7-5-13)12(2)22/h8-9,13,19H,4-7,10H2,1-3H3,(H,20,23). The number of carbonyl (C=O) groups is 2. The van der Waals surface area contributed by atoms with Crippen molar-refractivity contribution in [2.45, 2.75) is 32.7 Å². The zero-order valence-electron chi connectivity index (χ0n) is 14.3. The summed E-state index contributed by atoms with van der Waals surface area (Å²) in [5, 5.41) is 6.72. The number of methoxy groups -OCH3 is 1. The van der Waals surface area contributed by atoms with Crippen molar-refractivity contribution in [3.05, 3.63) is 22.7 Å². The summed E-state index contributed by atoms with van der Waals surface area (Å²) in [4.78, 5) is 25.2. The van der Waals surface area contributed by atoms with Crippen LogP contribution in [0.5, 0.6) is 5.75 Å². The average molecular weight is 354 g/mol. The fourth-order valence-corrected chi connectivity index (χ4v) is 2.92. The summed E-state index contributed by atoms with van der Waals surface area (Å²) in [6.45, 7) is 5.01. The molecule has 0 atom stereocenters. The van der Waals surface area contributed by atoms with E-state index in [9.17, 15) is 9.59 Å². The summed E-state index contributed by atoms with van der Waals surface area (Å²) in [6, 6.07) is 3.71. The van der Waals surface area contributed by atoms with Gasteiger partial charge < -0.3 is 20.3 Å². The second-order valence-electron chi connectivity index (χ2n) is 6.00. The Morgan fingerprint density at radius 2 is 2.00 bits per heavy atom. The van der Waals surface area contributed by atoms with Crippen LogP contribution in [0.3, 0.4) is 0 Å². The first-order valence-corrected chi connectivity index (χ1v) is 8.41. The van der Waals surface area contributed by atoms with E-state index in [1.165, 1.54) is 0 Å². The molecule has 1 aliphatic rings. The molecule has 0 radical (unpaired) electrons. The Kier molecular flexibility index (Phi) is 6.31. The van der Waals surface area contributed by atoms with E-state index < -0.39 is 0 Å². The third-order valence-corrected chi connectivity index (χ3v) is 4.63. The van der Waals surface area contributed by atoms with E-state index >= 15 is 0 Å². The summed E-state index contributed by atoms with van der Waals surface area (Å²) >= 11 is 6.08. The molecule has 6 nitrogen and oxygen atoms in total. The molecule has 1 saturated heterocycles. The van der Waals surface area contributed by atoms with Crippen LogP contribution in [0.2, 0.25) is 5.02 Å². The van der Waals surface area contributed by atoms with Crippen LogP contribution < -0.4 is 15.4 Å². The Morgan fingerprint density at radius 1 is 1.33 bits per heavy atom. The first kappa shape index (κ1) is 18.4.